The van der Waals surface area contributed by atoms with Gasteiger partial charge in [0.2, 0.25) is 5.91 Å². The van der Waals surface area contributed by atoms with E-state index in [2.05, 4.69) is 4.72 Å². The highest BCUT2D eigenvalue weighted by Gasteiger charge is 2.22. The monoisotopic (exact) mass is 398 g/mol. The summed E-state index contributed by atoms with van der Waals surface area (Å²) in [6, 6.07) is 6.58. The van der Waals surface area contributed by atoms with Crippen LogP contribution in [0.15, 0.2) is 34.5 Å². The molecule has 2 heterocycles. The number of rotatable bonds is 6. The molecule has 134 valence electrons. The zero-order valence-corrected chi connectivity index (χ0v) is 16.2. The van der Waals surface area contributed by atoms with E-state index in [0.717, 1.165) is 17.8 Å². The molecule has 25 heavy (non-hydrogen) atoms. The van der Waals surface area contributed by atoms with E-state index in [1.54, 1.807) is 31.2 Å². The molecule has 0 saturated carbocycles. The Bertz CT molecular complexity index is 893. The number of likely N-dealkylation sites (tertiary alicyclic amines) is 1. The Balaban J connectivity index is 1.76. The molecule has 5 nitrogen and oxygen atoms in total. The van der Waals surface area contributed by atoms with E-state index in [1.165, 1.54) is 11.3 Å². The predicted octanol–water partition coefficient (Wildman–Crippen LogP) is 3.68. The fourth-order valence-corrected chi connectivity index (χ4v) is 5.36. The van der Waals surface area contributed by atoms with Gasteiger partial charge >= 0.3 is 0 Å². The summed E-state index contributed by atoms with van der Waals surface area (Å²) < 4.78 is 28.1. The first kappa shape index (κ1) is 18.2. The van der Waals surface area contributed by atoms with Crippen LogP contribution >= 0.6 is 22.9 Å². The van der Waals surface area contributed by atoms with Gasteiger partial charge < -0.3 is 4.90 Å². The number of thiophene rings is 1. The van der Waals surface area contributed by atoms with Crippen LogP contribution in [0.2, 0.25) is 5.02 Å². The SMILES string of the molecule is Cc1c(Cl)cccc1S(=O)(=O)Nc1ccsc1CCN1CCCC1=O. The Hall–Kier alpha value is -1.57. The molecule has 0 radical (unpaired) electrons. The molecule has 0 atom stereocenters. The van der Waals surface area contributed by atoms with Crippen molar-refractivity contribution in [2.24, 2.45) is 0 Å². The zero-order valence-electron chi connectivity index (χ0n) is 13.8. The molecule has 3 rings (SSSR count). The minimum absolute atomic E-state index is 0.173. The minimum atomic E-state index is -3.72. The molecular weight excluding hydrogens is 380 g/mol. The number of anilines is 1. The third-order valence-corrected chi connectivity index (χ3v) is 7.18. The average molecular weight is 399 g/mol. The molecule has 1 N–H and O–H groups in total. The van der Waals surface area contributed by atoms with Gasteiger partial charge in [0.05, 0.1) is 10.6 Å². The Morgan fingerprint density at radius 2 is 2.12 bits per heavy atom. The summed E-state index contributed by atoms with van der Waals surface area (Å²) in [7, 11) is -3.72. The molecule has 1 aliphatic rings. The molecule has 2 aromatic rings. The number of nitrogens with zero attached hydrogens (tertiary/aromatic N) is 1. The van der Waals surface area contributed by atoms with Gasteiger partial charge in [0.25, 0.3) is 10.0 Å². The largest absolute Gasteiger partial charge is 0.342 e. The lowest BCUT2D eigenvalue weighted by Gasteiger charge is -2.16. The molecule has 1 amide bonds. The number of benzene rings is 1. The fourth-order valence-electron chi connectivity index (χ4n) is 2.88. The summed E-state index contributed by atoms with van der Waals surface area (Å²) in [5.74, 6) is 0.174. The van der Waals surface area contributed by atoms with E-state index < -0.39 is 10.0 Å². The van der Waals surface area contributed by atoms with Crippen molar-refractivity contribution >= 4 is 44.6 Å². The lowest BCUT2D eigenvalue weighted by Crippen LogP contribution is -2.27. The summed E-state index contributed by atoms with van der Waals surface area (Å²) in [5.41, 5.74) is 1.09. The van der Waals surface area contributed by atoms with Crippen molar-refractivity contribution in [3.8, 4) is 0 Å². The van der Waals surface area contributed by atoms with Crippen molar-refractivity contribution in [3.63, 3.8) is 0 Å². The van der Waals surface area contributed by atoms with E-state index in [9.17, 15) is 13.2 Å². The highest BCUT2D eigenvalue weighted by Crippen LogP contribution is 2.29. The van der Waals surface area contributed by atoms with Crippen LogP contribution in [0.25, 0.3) is 0 Å². The molecule has 1 aliphatic heterocycles. The summed E-state index contributed by atoms with van der Waals surface area (Å²) >= 11 is 7.53. The number of hydrogen-bond donors (Lipinski definition) is 1. The van der Waals surface area contributed by atoms with Gasteiger partial charge in [-0.2, -0.15) is 0 Å². The van der Waals surface area contributed by atoms with Gasteiger partial charge in [-0.25, -0.2) is 8.42 Å². The van der Waals surface area contributed by atoms with Crippen molar-refractivity contribution in [1.29, 1.82) is 0 Å². The zero-order chi connectivity index (χ0) is 18.0. The molecule has 1 fully saturated rings. The third-order valence-electron chi connectivity index (χ3n) is 4.28. The van der Waals surface area contributed by atoms with Crippen LogP contribution in [-0.4, -0.2) is 32.3 Å². The number of sulfonamides is 1. The molecule has 1 aromatic carbocycles. The Kier molecular flexibility index (Phi) is 5.36. The lowest BCUT2D eigenvalue weighted by molar-refractivity contribution is -0.127. The number of amides is 1. The highest BCUT2D eigenvalue weighted by molar-refractivity contribution is 7.92. The van der Waals surface area contributed by atoms with Crippen LogP contribution in [-0.2, 0) is 21.2 Å². The molecule has 0 unspecified atom stereocenters. The molecule has 8 heteroatoms. The topological polar surface area (TPSA) is 66.5 Å². The van der Waals surface area contributed by atoms with Crippen LogP contribution in [0, 0.1) is 6.92 Å². The number of hydrogen-bond acceptors (Lipinski definition) is 4. The smallest absolute Gasteiger partial charge is 0.262 e. The van der Waals surface area contributed by atoms with Crippen LogP contribution < -0.4 is 4.72 Å². The number of halogens is 1. The van der Waals surface area contributed by atoms with Crippen LogP contribution in [0.4, 0.5) is 5.69 Å². The maximum atomic E-state index is 12.7. The number of carbonyl (C=O) groups excluding carboxylic acids is 1. The average Bonchev–Trinajstić information content (AvgIpc) is 3.16. The van der Waals surface area contributed by atoms with E-state index in [1.807, 2.05) is 10.3 Å². The van der Waals surface area contributed by atoms with E-state index in [-0.39, 0.29) is 10.8 Å². The molecule has 0 aliphatic carbocycles. The Morgan fingerprint density at radius 1 is 1.32 bits per heavy atom. The predicted molar refractivity (Wildman–Crippen MR) is 101 cm³/mol. The van der Waals surface area contributed by atoms with Gasteiger partial charge in [-0.1, -0.05) is 17.7 Å². The van der Waals surface area contributed by atoms with Gasteiger partial charge in [-0.15, -0.1) is 11.3 Å². The van der Waals surface area contributed by atoms with Crippen LogP contribution in [0.3, 0.4) is 0 Å². The van der Waals surface area contributed by atoms with Gasteiger partial charge in [0.1, 0.15) is 0 Å². The van der Waals surface area contributed by atoms with Gasteiger partial charge in [0, 0.05) is 35.8 Å². The van der Waals surface area contributed by atoms with Gasteiger partial charge in [-0.05, 0) is 42.5 Å². The molecule has 0 bridgehead atoms. The minimum Gasteiger partial charge on any atom is -0.342 e. The van der Waals surface area contributed by atoms with Gasteiger partial charge in [-0.3, -0.25) is 9.52 Å². The first-order valence-corrected chi connectivity index (χ1v) is 10.7. The van der Waals surface area contributed by atoms with E-state index in [4.69, 9.17) is 11.6 Å². The second-order valence-electron chi connectivity index (χ2n) is 5.96. The van der Waals surface area contributed by atoms with Crippen molar-refractivity contribution < 1.29 is 13.2 Å². The second-order valence-corrected chi connectivity index (χ2v) is 9.02. The maximum Gasteiger partial charge on any atom is 0.262 e. The summed E-state index contributed by atoms with van der Waals surface area (Å²) in [6.45, 7) is 3.08. The van der Waals surface area contributed by atoms with E-state index >= 15 is 0 Å². The standard InChI is InChI=1S/C17H19ClN2O3S2/c1-12-13(18)4-2-5-16(12)25(22,23)19-14-8-11-24-15(14)7-10-20-9-3-6-17(20)21/h2,4-5,8,11,19H,3,6-7,9-10H2,1H3. The Morgan fingerprint density at radius 3 is 2.84 bits per heavy atom. The van der Waals surface area contributed by atoms with Gasteiger partial charge in [0.15, 0.2) is 0 Å². The second kappa shape index (κ2) is 7.35. The maximum absolute atomic E-state index is 12.7. The normalized spacial score (nSPS) is 15.0. The summed E-state index contributed by atoms with van der Waals surface area (Å²) in [6.07, 6.45) is 2.14. The number of carbonyl (C=O) groups is 1. The molecule has 0 spiro atoms. The molecule has 1 saturated heterocycles. The fraction of sp³-hybridized carbons (Fsp3) is 0.353. The first-order chi connectivity index (χ1) is 11.9. The van der Waals surface area contributed by atoms with Crippen molar-refractivity contribution in [2.75, 3.05) is 17.8 Å². The first-order valence-electron chi connectivity index (χ1n) is 8.00. The lowest BCUT2D eigenvalue weighted by atomic mass is 10.2. The quantitative estimate of drug-likeness (QED) is 0.807. The summed E-state index contributed by atoms with van der Waals surface area (Å²) in [5, 5.41) is 2.27. The molecule has 1 aromatic heterocycles. The Labute approximate surface area is 156 Å². The van der Waals surface area contributed by atoms with Crippen LogP contribution in [0.1, 0.15) is 23.3 Å². The highest BCUT2D eigenvalue weighted by atomic mass is 35.5. The van der Waals surface area contributed by atoms with Crippen LogP contribution in [0.5, 0.6) is 0 Å². The molecular formula is C17H19ClN2O3S2. The van der Waals surface area contributed by atoms with E-state index in [0.29, 0.717) is 35.7 Å². The van der Waals surface area contributed by atoms with Crippen molar-refractivity contribution in [2.45, 2.75) is 31.1 Å². The number of nitrogens with one attached hydrogen (secondary N) is 1. The van der Waals surface area contributed by atoms with Crippen molar-refractivity contribution in [1.82, 2.24) is 4.90 Å². The summed E-state index contributed by atoms with van der Waals surface area (Å²) in [4.78, 5) is 14.6. The van der Waals surface area contributed by atoms with Crippen molar-refractivity contribution in [3.05, 3.63) is 45.1 Å². The third kappa shape index (κ3) is 3.99.